The zero-order chi connectivity index (χ0) is 8.81. The summed E-state index contributed by atoms with van der Waals surface area (Å²) in [6.45, 7) is 0. The van der Waals surface area contributed by atoms with Gasteiger partial charge in [0.05, 0.1) is 0 Å². The van der Waals surface area contributed by atoms with E-state index in [4.69, 9.17) is 0 Å². The third kappa shape index (κ3) is 2.65. The van der Waals surface area contributed by atoms with E-state index in [0.29, 0.717) is 5.56 Å². The number of hydrogen-bond donors (Lipinski definition) is 2. The first-order valence-electron chi connectivity index (χ1n) is 3.52. The lowest BCUT2D eigenvalue weighted by Gasteiger charge is -1.99. The average molecular weight is 182 g/mol. The summed E-state index contributed by atoms with van der Waals surface area (Å²) < 4.78 is 0. The van der Waals surface area contributed by atoms with Gasteiger partial charge in [-0.1, -0.05) is 30.3 Å². The van der Waals surface area contributed by atoms with Gasteiger partial charge in [-0.2, -0.15) is 4.83 Å². The van der Waals surface area contributed by atoms with E-state index in [-0.39, 0.29) is 5.12 Å². The van der Waals surface area contributed by atoms with Crippen LogP contribution >= 0.6 is 11.9 Å². The van der Waals surface area contributed by atoms with Crippen LogP contribution in [0.1, 0.15) is 10.4 Å². The Morgan fingerprint density at radius 1 is 1.33 bits per heavy atom. The Morgan fingerprint density at radius 3 is 2.58 bits per heavy atom. The predicted molar refractivity (Wildman–Crippen MR) is 50.6 cm³/mol. The molecule has 0 amide bonds. The second-order valence-electron chi connectivity index (χ2n) is 2.11. The first-order valence-corrected chi connectivity index (χ1v) is 4.34. The summed E-state index contributed by atoms with van der Waals surface area (Å²) in [5, 5.41) is 0.00458. The Morgan fingerprint density at radius 2 is 2.00 bits per heavy atom. The molecule has 0 aliphatic rings. The minimum Gasteiger partial charge on any atom is -0.280 e. The zero-order valence-electron chi connectivity index (χ0n) is 6.70. The molecule has 0 saturated carbocycles. The molecule has 1 rings (SSSR count). The predicted octanol–water partition coefficient (Wildman–Crippen LogP) is 1.20. The summed E-state index contributed by atoms with van der Waals surface area (Å²) >= 11 is 1.03. The molecule has 0 atom stereocenters. The van der Waals surface area contributed by atoms with Crippen LogP contribution in [0.25, 0.3) is 0 Å². The molecule has 0 unspecified atom stereocenters. The average Bonchev–Trinajstić information content (AvgIpc) is 2.15. The molecule has 1 aromatic rings. The molecule has 0 heterocycles. The van der Waals surface area contributed by atoms with E-state index >= 15 is 0 Å². The van der Waals surface area contributed by atoms with Gasteiger partial charge in [-0.3, -0.25) is 10.2 Å². The van der Waals surface area contributed by atoms with Crippen molar-refractivity contribution in [3.63, 3.8) is 0 Å². The van der Waals surface area contributed by atoms with E-state index in [1.54, 1.807) is 19.2 Å². The summed E-state index contributed by atoms with van der Waals surface area (Å²) in [5.41, 5.74) is 3.36. The largest absolute Gasteiger partial charge is 0.280 e. The molecular weight excluding hydrogens is 172 g/mol. The van der Waals surface area contributed by atoms with E-state index < -0.39 is 0 Å². The number of rotatable bonds is 3. The van der Waals surface area contributed by atoms with Crippen molar-refractivity contribution in [3.8, 4) is 0 Å². The summed E-state index contributed by atoms with van der Waals surface area (Å²) in [4.78, 5) is 13.9. The lowest BCUT2D eigenvalue weighted by molar-refractivity contribution is 0.108. The molecule has 0 spiro atoms. The highest BCUT2D eigenvalue weighted by Gasteiger charge is 2.03. The smallest absolute Gasteiger partial charge is 0.235 e. The summed E-state index contributed by atoms with van der Waals surface area (Å²) in [6, 6.07) is 9.13. The molecule has 64 valence electrons. The van der Waals surface area contributed by atoms with Crippen LogP contribution in [0.2, 0.25) is 0 Å². The van der Waals surface area contributed by atoms with Crippen molar-refractivity contribution in [1.29, 1.82) is 0 Å². The van der Waals surface area contributed by atoms with E-state index in [2.05, 4.69) is 10.3 Å². The van der Waals surface area contributed by atoms with Crippen molar-refractivity contribution in [1.82, 2.24) is 10.3 Å². The van der Waals surface area contributed by atoms with Crippen LogP contribution in [-0.4, -0.2) is 12.2 Å². The van der Waals surface area contributed by atoms with E-state index in [1.807, 2.05) is 18.2 Å². The third-order valence-corrected chi connectivity index (χ3v) is 1.98. The Hall–Kier alpha value is -0.840. The molecule has 12 heavy (non-hydrogen) atoms. The quantitative estimate of drug-likeness (QED) is 0.544. The Bertz CT molecular complexity index is 250. The number of hydrazine groups is 1. The van der Waals surface area contributed by atoms with Gasteiger partial charge < -0.3 is 0 Å². The fourth-order valence-electron chi connectivity index (χ4n) is 0.731. The zero-order valence-corrected chi connectivity index (χ0v) is 7.52. The number of carbonyl (C=O) groups is 1. The first-order chi connectivity index (χ1) is 5.84. The van der Waals surface area contributed by atoms with Gasteiger partial charge in [-0.05, 0) is 7.05 Å². The van der Waals surface area contributed by atoms with Crippen molar-refractivity contribution in [2.45, 2.75) is 0 Å². The third-order valence-electron chi connectivity index (χ3n) is 1.26. The van der Waals surface area contributed by atoms with Crippen molar-refractivity contribution >= 4 is 17.1 Å². The first kappa shape index (κ1) is 9.25. The highest BCUT2D eigenvalue weighted by molar-refractivity contribution is 8.12. The highest BCUT2D eigenvalue weighted by Crippen LogP contribution is 2.07. The molecule has 3 nitrogen and oxygen atoms in total. The fraction of sp³-hybridized carbons (Fsp3) is 0.125. The molecule has 0 aromatic heterocycles. The Kier molecular flexibility index (Phi) is 3.79. The maximum absolute atomic E-state index is 11.3. The standard InChI is InChI=1S/C8H10N2OS/c1-9-10-12-8(11)7-5-3-2-4-6-7/h2-6,9-10H,1H3. The Balaban J connectivity index is 2.54. The van der Waals surface area contributed by atoms with Crippen LogP contribution < -0.4 is 10.3 Å². The molecule has 0 saturated heterocycles. The number of nitrogens with one attached hydrogen (secondary N) is 2. The fourth-order valence-corrected chi connectivity index (χ4v) is 1.18. The lowest BCUT2D eigenvalue weighted by atomic mass is 10.2. The maximum Gasteiger partial charge on any atom is 0.235 e. The van der Waals surface area contributed by atoms with E-state index in [1.165, 1.54) is 0 Å². The molecule has 2 N–H and O–H groups in total. The van der Waals surface area contributed by atoms with E-state index in [9.17, 15) is 4.79 Å². The van der Waals surface area contributed by atoms with Gasteiger partial charge >= 0.3 is 0 Å². The van der Waals surface area contributed by atoms with Crippen LogP contribution in [0.3, 0.4) is 0 Å². The maximum atomic E-state index is 11.3. The van der Waals surface area contributed by atoms with Crippen molar-refractivity contribution in [2.75, 3.05) is 7.05 Å². The van der Waals surface area contributed by atoms with Gasteiger partial charge in [0.15, 0.2) is 0 Å². The van der Waals surface area contributed by atoms with Crippen LogP contribution in [0.4, 0.5) is 0 Å². The van der Waals surface area contributed by atoms with Crippen molar-refractivity contribution in [3.05, 3.63) is 35.9 Å². The second kappa shape index (κ2) is 4.92. The van der Waals surface area contributed by atoms with Gasteiger partial charge in [0.1, 0.15) is 0 Å². The molecule has 0 aliphatic carbocycles. The van der Waals surface area contributed by atoms with E-state index in [0.717, 1.165) is 11.9 Å². The van der Waals surface area contributed by atoms with Gasteiger partial charge in [-0.15, -0.1) is 0 Å². The molecule has 0 fully saturated rings. The van der Waals surface area contributed by atoms with Crippen LogP contribution in [0, 0.1) is 0 Å². The summed E-state index contributed by atoms with van der Waals surface area (Å²) in [5.74, 6) is 0. The molecule has 1 aromatic carbocycles. The van der Waals surface area contributed by atoms with Crippen molar-refractivity contribution < 1.29 is 4.79 Å². The van der Waals surface area contributed by atoms with Crippen LogP contribution in [0.15, 0.2) is 30.3 Å². The molecule has 0 aliphatic heterocycles. The molecule has 0 bridgehead atoms. The summed E-state index contributed by atoms with van der Waals surface area (Å²) in [6.07, 6.45) is 0. The SMILES string of the molecule is CNNSC(=O)c1ccccc1. The normalized spacial score (nSPS) is 9.75. The monoisotopic (exact) mass is 182 g/mol. The topological polar surface area (TPSA) is 41.1 Å². The number of hydrogen-bond acceptors (Lipinski definition) is 4. The second-order valence-corrected chi connectivity index (χ2v) is 2.89. The van der Waals surface area contributed by atoms with Crippen LogP contribution in [-0.2, 0) is 0 Å². The van der Waals surface area contributed by atoms with Gasteiger partial charge in [0.25, 0.3) is 0 Å². The summed E-state index contributed by atoms with van der Waals surface area (Å²) in [7, 11) is 1.71. The number of carbonyl (C=O) groups excluding carboxylic acids is 1. The number of benzene rings is 1. The van der Waals surface area contributed by atoms with Gasteiger partial charge in [-0.25, -0.2) is 0 Å². The molecular formula is C8H10N2OS. The van der Waals surface area contributed by atoms with Gasteiger partial charge in [0.2, 0.25) is 5.12 Å². The molecule has 0 radical (unpaired) electrons. The molecule has 4 heteroatoms. The lowest BCUT2D eigenvalue weighted by Crippen LogP contribution is -2.21. The minimum absolute atomic E-state index is 0.00458. The Labute approximate surface area is 75.7 Å². The van der Waals surface area contributed by atoms with Crippen molar-refractivity contribution in [2.24, 2.45) is 0 Å². The minimum atomic E-state index is 0.00458. The van der Waals surface area contributed by atoms with Crippen LogP contribution in [0.5, 0.6) is 0 Å². The van der Waals surface area contributed by atoms with Gasteiger partial charge in [0, 0.05) is 17.5 Å². The highest BCUT2D eigenvalue weighted by atomic mass is 32.2.